The van der Waals surface area contributed by atoms with E-state index in [4.69, 9.17) is 16.3 Å². The highest BCUT2D eigenvalue weighted by atomic mass is 35.5. The molecular formula is C19H18ClF2N3O2S. The van der Waals surface area contributed by atoms with Gasteiger partial charge in [0, 0.05) is 18.7 Å². The number of amides is 1. The predicted octanol–water partition coefficient (Wildman–Crippen LogP) is 4.73. The lowest BCUT2D eigenvalue weighted by molar-refractivity contribution is -0.115. The SMILES string of the molecule is COCCn1c(SC(C)C(=O)Nc2c(F)cccc2F)nc2cc(Cl)ccc21. The number of carbonyl (C=O) groups is 1. The molecule has 0 radical (unpaired) electrons. The third kappa shape index (κ3) is 4.45. The van der Waals surface area contributed by atoms with Crippen molar-refractivity contribution in [3.8, 4) is 0 Å². The second-order valence-electron chi connectivity index (χ2n) is 6.02. The Morgan fingerprint density at radius 3 is 2.71 bits per heavy atom. The minimum absolute atomic E-state index is 0.459. The van der Waals surface area contributed by atoms with Crippen LogP contribution >= 0.6 is 23.4 Å². The molecule has 0 saturated carbocycles. The van der Waals surface area contributed by atoms with Crippen LogP contribution in [0, 0.1) is 11.6 Å². The second-order valence-corrected chi connectivity index (χ2v) is 7.76. The van der Waals surface area contributed by atoms with Crippen LogP contribution in [0.4, 0.5) is 14.5 Å². The first-order valence-electron chi connectivity index (χ1n) is 8.47. The molecule has 148 valence electrons. The van der Waals surface area contributed by atoms with Crippen LogP contribution in [0.25, 0.3) is 11.0 Å². The normalized spacial score (nSPS) is 12.3. The maximum Gasteiger partial charge on any atom is 0.237 e. The Balaban J connectivity index is 1.83. The molecule has 3 rings (SSSR count). The van der Waals surface area contributed by atoms with Gasteiger partial charge in [-0.25, -0.2) is 13.8 Å². The van der Waals surface area contributed by atoms with E-state index >= 15 is 0 Å². The molecule has 9 heteroatoms. The van der Waals surface area contributed by atoms with Crippen molar-refractivity contribution in [2.45, 2.75) is 23.9 Å². The van der Waals surface area contributed by atoms with Crippen molar-refractivity contribution in [1.29, 1.82) is 0 Å². The molecule has 1 aromatic heterocycles. The summed E-state index contributed by atoms with van der Waals surface area (Å²) in [6.45, 7) is 2.64. The Hall–Kier alpha value is -2.16. The van der Waals surface area contributed by atoms with Gasteiger partial charge in [0.25, 0.3) is 0 Å². The number of nitrogens with zero attached hydrogens (tertiary/aromatic N) is 2. The molecule has 1 amide bonds. The molecule has 0 fully saturated rings. The van der Waals surface area contributed by atoms with Crippen molar-refractivity contribution in [1.82, 2.24) is 9.55 Å². The summed E-state index contributed by atoms with van der Waals surface area (Å²) in [5.74, 6) is -2.18. The number of hydrogen-bond acceptors (Lipinski definition) is 4. The number of anilines is 1. The van der Waals surface area contributed by atoms with E-state index in [1.54, 1.807) is 26.2 Å². The van der Waals surface area contributed by atoms with Crippen molar-refractivity contribution < 1.29 is 18.3 Å². The number of benzene rings is 2. The van der Waals surface area contributed by atoms with Gasteiger partial charge in [0.15, 0.2) is 5.16 Å². The molecule has 0 aliphatic carbocycles. The van der Waals surface area contributed by atoms with Gasteiger partial charge < -0.3 is 14.6 Å². The average Bonchev–Trinajstić information content (AvgIpc) is 2.98. The Morgan fingerprint density at radius 1 is 1.32 bits per heavy atom. The minimum Gasteiger partial charge on any atom is -0.383 e. The zero-order chi connectivity index (χ0) is 20.3. The summed E-state index contributed by atoms with van der Waals surface area (Å²) < 4.78 is 34.6. The lowest BCUT2D eigenvalue weighted by Crippen LogP contribution is -2.24. The van der Waals surface area contributed by atoms with E-state index < -0.39 is 28.5 Å². The van der Waals surface area contributed by atoms with Crippen molar-refractivity contribution in [3.63, 3.8) is 0 Å². The third-order valence-corrected chi connectivity index (χ3v) is 5.38. The molecule has 0 bridgehead atoms. The van der Waals surface area contributed by atoms with E-state index in [2.05, 4.69) is 10.3 Å². The summed E-state index contributed by atoms with van der Waals surface area (Å²) in [6.07, 6.45) is 0. The Bertz CT molecular complexity index is 992. The summed E-state index contributed by atoms with van der Waals surface area (Å²) in [5.41, 5.74) is 1.09. The van der Waals surface area contributed by atoms with Gasteiger partial charge in [-0.3, -0.25) is 4.79 Å². The highest BCUT2D eigenvalue weighted by molar-refractivity contribution is 8.00. The lowest BCUT2D eigenvalue weighted by atomic mass is 10.3. The minimum atomic E-state index is -0.826. The van der Waals surface area contributed by atoms with Crippen LogP contribution in [-0.2, 0) is 16.1 Å². The maximum absolute atomic E-state index is 13.8. The van der Waals surface area contributed by atoms with Gasteiger partial charge in [0.1, 0.15) is 17.3 Å². The molecular weight excluding hydrogens is 408 g/mol. The van der Waals surface area contributed by atoms with Crippen LogP contribution in [0.15, 0.2) is 41.6 Å². The molecule has 0 saturated heterocycles. The topological polar surface area (TPSA) is 56.1 Å². The number of hydrogen-bond donors (Lipinski definition) is 1. The number of halogens is 3. The fourth-order valence-corrected chi connectivity index (χ4v) is 3.74. The van der Waals surface area contributed by atoms with E-state index in [1.807, 2.05) is 10.6 Å². The number of carbonyl (C=O) groups excluding carboxylic acids is 1. The van der Waals surface area contributed by atoms with Gasteiger partial charge in [-0.2, -0.15) is 0 Å². The number of imidazole rings is 1. The molecule has 5 nitrogen and oxygen atoms in total. The van der Waals surface area contributed by atoms with E-state index in [1.165, 1.54) is 17.8 Å². The zero-order valence-corrected chi connectivity index (χ0v) is 16.8. The van der Waals surface area contributed by atoms with Crippen molar-refractivity contribution in [2.24, 2.45) is 0 Å². The molecule has 0 aliphatic heterocycles. The van der Waals surface area contributed by atoms with Crippen LogP contribution in [-0.4, -0.2) is 34.4 Å². The standard InChI is InChI=1S/C19H18ClF2N3O2S/c1-11(18(26)24-17-13(21)4-3-5-14(17)22)28-19-23-15-10-12(20)6-7-16(15)25(19)8-9-27-2/h3-7,10-11H,8-9H2,1-2H3,(H,24,26). The molecule has 1 atom stereocenters. The summed E-state index contributed by atoms with van der Waals surface area (Å²) in [4.78, 5) is 17.0. The molecule has 3 aromatic rings. The van der Waals surface area contributed by atoms with Gasteiger partial charge in [0.05, 0.1) is 22.9 Å². The number of thioether (sulfide) groups is 1. The fourth-order valence-electron chi connectivity index (χ4n) is 2.62. The largest absolute Gasteiger partial charge is 0.383 e. The Labute approximate surface area is 170 Å². The Morgan fingerprint density at radius 2 is 2.04 bits per heavy atom. The number of ether oxygens (including phenoxy) is 1. The summed E-state index contributed by atoms with van der Waals surface area (Å²) in [6, 6.07) is 8.77. The first-order valence-corrected chi connectivity index (χ1v) is 9.72. The van der Waals surface area contributed by atoms with Gasteiger partial charge >= 0.3 is 0 Å². The summed E-state index contributed by atoms with van der Waals surface area (Å²) >= 11 is 7.23. The Kier molecular flexibility index (Phi) is 6.53. The van der Waals surface area contributed by atoms with E-state index in [0.717, 1.165) is 17.6 Å². The average molecular weight is 426 g/mol. The van der Waals surface area contributed by atoms with Crippen LogP contribution < -0.4 is 5.32 Å². The smallest absolute Gasteiger partial charge is 0.237 e. The fraction of sp³-hybridized carbons (Fsp3) is 0.263. The second kappa shape index (κ2) is 8.89. The highest BCUT2D eigenvalue weighted by Crippen LogP contribution is 2.29. The molecule has 28 heavy (non-hydrogen) atoms. The van der Waals surface area contributed by atoms with Crippen LogP contribution in [0.5, 0.6) is 0 Å². The lowest BCUT2D eigenvalue weighted by Gasteiger charge is -2.14. The predicted molar refractivity (Wildman–Crippen MR) is 107 cm³/mol. The van der Waals surface area contributed by atoms with Crippen molar-refractivity contribution in [2.75, 3.05) is 19.0 Å². The quantitative estimate of drug-likeness (QED) is 0.556. The molecule has 0 spiro atoms. The summed E-state index contributed by atoms with van der Waals surface area (Å²) in [7, 11) is 1.60. The highest BCUT2D eigenvalue weighted by Gasteiger charge is 2.21. The molecule has 2 aromatic carbocycles. The third-order valence-electron chi connectivity index (χ3n) is 4.06. The molecule has 0 aliphatic rings. The van der Waals surface area contributed by atoms with Crippen molar-refractivity contribution >= 4 is 46.0 Å². The molecule has 1 N–H and O–H groups in total. The molecule has 1 heterocycles. The van der Waals surface area contributed by atoms with Gasteiger partial charge in [-0.05, 0) is 37.3 Å². The molecule has 1 unspecified atom stereocenters. The first kappa shape index (κ1) is 20.6. The maximum atomic E-state index is 13.8. The number of aromatic nitrogens is 2. The summed E-state index contributed by atoms with van der Waals surface area (Å²) in [5, 5.41) is 2.81. The number of methoxy groups -OCH3 is 1. The van der Waals surface area contributed by atoms with E-state index in [0.29, 0.717) is 28.8 Å². The van der Waals surface area contributed by atoms with Gasteiger partial charge in [-0.15, -0.1) is 0 Å². The van der Waals surface area contributed by atoms with Crippen molar-refractivity contribution in [3.05, 3.63) is 53.1 Å². The van der Waals surface area contributed by atoms with Crippen LogP contribution in [0.2, 0.25) is 5.02 Å². The van der Waals surface area contributed by atoms with Crippen LogP contribution in [0.3, 0.4) is 0 Å². The number of rotatable bonds is 7. The number of fused-ring (bicyclic) bond motifs is 1. The van der Waals surface area contributed by atoms with E-state index in [9.17, 15) is 13.6 Å². The van der Waals surface area contributed by atoms with Gasteiger partial charge in [-0.1, -0.05) is 29.4 Å². The monoisotopic (exact) mass is 425 g/mol. The first-order chi connectivity index (χ1) is 13.4. The van der Waals surface area contributed by atoms with E-state index in [-0.39, 0.29) is 0 Å². The van der Waals surface area contributed by atoms with Gasteiger partial charge in [0.2, 0.25) is 5.91 Å². The zero-order valence-electron chi connectivity index (χ0n) is 15.2. The number of para-hydroxylation sites is 1. The number of nitrogens with one attached hydrogen (secondary N) is 1. The van der Waals surface area contributed by atoms with Crippen LogP contribution in [0.1, 0.15) is 6.92 Å².